The molecule has 0 bridgehead atoms. The first-order valence-electron chi connectivity index (χ1n) is 10.4. The van der Waals surface area contributed by atoms with Crippen molar-refractivity contribution in [2.75, 3.05) is 31.9 Å². The van der Waals surface area contributed by atoms with Crippen LogP contribution < -0.4 is 16.6 Å². The summed E-state index contributed by atoms with van der Waals surface area (Å²) in [6.07, 6.45) is 7.29. The largest absolute Gasteiger partial charge is 0.384 e. The fraction of sp³-hybridized carbons (Fsp3) is 0.500. The number of hydrogen-bond donors (Lipinski definition) is 2. The Bertz CT molecular complexity index is 942. The van der Waals surface area contributed by atoms with E-state index in [1.807, 2.05) is 36.2 Å². The number of piperidine rings is 1. The number of nitrogens with two attached hydrogens (primary N) is 1. The number of aromatic nitrogens is 2. The molecule has 0 spiro atoms. The molecule has 2 aromatic rings. The number of rotatable bonds is 4. The van der Waals surface area contributed by atoms with Gasteiger partial charge in [0.1, 0.15) is 11.4 Å². The number of nitrogens with one attached hydrogen (secondary N) is 1. The van der Waals surface area contributed by atoms with E-state index < -0.39 is 0 Å². The third kappa shape index (κ3) is 5.59. The minimum Gasteiger partial charge on any atom is -0.384 e. The van der Waals surface area contributed by atoms with Crippen molar-refractivity contribution in [1.82, 2.24) is 19.8 Å². The van der Waals surface area contributed by atoms with Crippen molar-refractivity contribution in [2.24, 2.45) is 5.92 Å². The van der Waals surface area contributed by atoms with Crippen molar-refractivity contribution in [3.05, 3.63) is 57.6 Å². The molecule has 2 saturated heterocycles. The van der Waals surface area contributed by atoms with E-state index in [4.69, 9.17) is 5.73 Å². The lowest BCUT2D eigenvalue weighted by Crippen LogP contribution is -2.39. The van der Waals surface area contributed by atoms with Crippen molar-refractivity contribution in [3.8, 4) is 0 Å². The molecule has 4 rings (SSSR count). The number of carbonyl (C=O) groups is 1. The van der Waals surface area contributed by atoms with Crippen LogP contribution in [0.4, 0.5) is 5.82 Å². The van der Waals surface area contributed by atoms with E-state index >= 15 is 0 Å². The normalized spacial score (nSPS) is 18.9. The highest BCUT2D eigenvalue weighted by Crippen LogP contribution is 2.23. The molecule has 1 unspecified atom stereocenters. The molecule has 4 heterocycles. The van der Waals surface area contributed by atoms with Gasteiger partial charge in [0, 0.05) is 31.5 Å². The third-order valence-electron chi connectivity index (χ3n) is 6.19. The van der Waals surface area contributed by atoms with Crippen LogP contribution in [0.2, 0.25) is 0 Å². The molecule has 2 aliphatic heterocycles. The van der Waals surface area contributed by atoms with E-state index in [9.17, 15) is 9.59 Å². The molecule has 0 aliphatic carbocycles. The number of halogens is 2. The molecule has 3 N–H and O–H groups in total. The number of hydrogen-bond acceptors (Lipinski definition) is 5. The van der Waals surface area contributed by atoms with E-state index in [2.05, 4.69) is 10.3 Å². The maximum Gasteiger partial charge on any atom is 0.263 e. The van der Waals surface area contributed by atoms with Gasteiger partial charge >= 0.3 is 0 Å². The van der Waals surface area contributed by atoms with E-state index in [-0.39, 0.29) is 42.3 Å². The zero-order valence-corrected chi connectivity index (χ0v) is 19.4. The molecule has 7 nitrogen and oxygen atoms in total. The van der Waals surface area contributed by atoms with Crippen LogP contribution in [0, 0.1) is 12.8 Å². The van der Waals surface area contributed by atoms with Crippen LogP contribution in [-0.2, 0) is 6.42 Å². The van der Waals surface area contributed by atoms with Gasteiger partial charge < -0.3 is 20.5 Å². The lowest BCUT2D eigenvalue weighted by molar-refractivity contribution is 0.0783. The zero-order chi connectivity index (χ0) is 20.4. The molecule has 170 valence electrons. The van der Waals surface area contributed by atoms with Crippen molar-refractivity contribution in [3.63, 3.8) is 0 Å². The summed E-state index contributed by atoms with van der Waals surface area (Å²) in [6.45, 7) is 5.02. The second-order valence-electron chi connectivity index (χ2n) is 8.27. The molecule has 9 heteroatoms. The van der Waals surface area contributed by atoms with Gasteiger partial charge in [0.2, 0.25) is 0 Å². The van der Waals surface area contributed by atoms with Crippen LogP contribution in [0.5, 0.6) is 0 Å². The van der Waals surface area contributed by atoms with E-state index in [0.717, 1.165) is 49.9 Å². The zero-order valence-electron chi connectivity index (χ0n) is 17.8. The maximum absolute atomic E-state index is 13.2. The van der Waals surface area contributed by atoms with Gasteiger partial charge in [-0.2, -0.15) is 0 Å². The summed E-state index contributed by atoms with van der Waals surface area (Å²) >= 11 is 0. The van der Waals surface area contributed by atoms with Gasteiger partial charge in [-0.05, 0) is 74.9 Å². The van der Waals surface area contributed by atoms with E-state index in [1.54, 1.807) is 10.8 Å². The number of aryl methyl sites for hydroxylation is 1. The van der Waals surface area contributed by atoms with E-state index in [0.29, 0.717) is 30.4 Å². The maximum atomic E-state index is 13.2. The van der Waals surface area contributed by atoms with Gasteiger partial charge in [0.05, 0.1) is 0 Å². The number of carbonyl (C=O) groups excluding carboxylic acids is 1. The summed E-state index contributed by atoms with van der Waals surface area (Å²) in [5, 5.41) is 3.32. The Hall–Kier alpha value is -2.09. The third-order valence-corrected chi connectivity index (χ3v) is 6.19. The average Bonchev–Trinajstić information content (AvgIpc) is 3.19. The minimum absolute atomic E-state index is 0. The van der Waals surface area contributed by atoms with Gasteiger partial charge in [0.15, 0.2) is 0 Å². The Kier molecular flexibility index (Phi) is 8.91. The lowest BCUT2D eigenvalue weighted by atomic mass is 10.00. The lowest BCUT2D eigenvalue weighted by Gasteiger charge is -2.26. The highest BCUT2D eigenvalue weighted by Gasteiger charge is 2.30. The topological polar surface area (TPSA) is 93.2 Å². The summed E-state index contributed by atoms with van der Waals surface area (Å²) in [7, 11) is 0. The average molecular weight is 468 g/mol. The highest BCUT2D eigenvalue weighted by atomic mass is 35.5. The Morgan fingerprint density at radius 2 is 1.94 bits per heavy atom. The molecular formula is C22H31Cl2N5O2. The van der Waals surface area contributed by atoms with Crippen molar-refractivity contribution in [2.45, 2.75) is 38.6 Å². The smallest absolute Gasteiger partial charge is 0.263 e. The molecule has 2 aliphatic rings. The molecule has 1 amide bonds. The first-order chi connectivity index (χ1) is 14.0. The summed E-state index contributed by atoms with van der Waals surface area (Å²) < 4.78 is 1.77. The molecule has 0 radical (unpaired) electrons. The summed E-state index contributed by atoms with van der Waals surface area (Å²) in [4.78, 5) is 32.4. The predicted molar refractivity (Wildman–Crippen MR) is 127 cm³/mol. The monoisotopic (exact) mass is 467 g/mol. The second kappa shape index (κ2) is 11.0. The minimum atomic E-state index is -0.145. The number of likely N-dealkylation sites (tertiary alicyclic amines) is 1. The number of anilines is 1. The summed E-state index contributed by atoms with van der Waals surface area (Å²) in [5.74, 6) is 0.760. The predicted octanol–water partition coefficient (Wildman–Crippen LogP) is 2.61. The Morgan fingerprint density at radius 3 is 2.61 bits per heavy atom. The second-order valence-corrected chi connectivity index (χ2v) is 8.27. The first-order valence-corrected chi connectivity index (χ1v) is 10.4. The number of nitrogens with zero attached hydrogens (tertiary/aromatic N) is 3. The number of nitrogen functional groups attached to an aromatic ring is 1. The number of pyridine rings is 2. The summed E-state index contributed by atoms with van der Waals surface area (Å²) in [6, 6.07) is 5.88. The molecule has 31 heavy (non-hydrogen) atoms. The van der Waals surface area contributed by atoms with Gasteiger partial charge in [-0.1, -0.05) is 6.07 Å². The van der Waals surface area contributed by atoms with Crippen LogP contribution in [0.3, 0.4) is 0 Å². The van der Waals surface area contributed by atoms with Crippen molar-refractivity contribution < 1.29 is 4.79 Å². The van der Waals surface area contributed by atoms with Crippen molar-refractivity contribution >= 4 is 36.5 Å². The molecule has 0 saturated carbocycles. The van der Waals surface area contributed by atoms with Crippen LogP contribution in [-0.4, -0.2) is 46.5 Å². The van der Waals surface area contributed by atoms with Crippen LogP contribution in [0.15, 0.2) is 35.4 Å². The molecule has 2 aromatic heterocycles. The molecule has 1 atom stereocenters. The Balaban J connectivity index is 0.00000171. The van der Waals surface area contributed by atoms with E-state index in [1.165, 1.54) is 0 Å². The highest BCUT2D eigenvalue weighted by molar-refractivity contribution is 5.95. The summed E-state index contributed by atoms with van der Waals surface area (Å²) in [5.41, 5.74) is 7.73. The molecular weight excluding hydrogens is 437 g/mol. The van der Waals surface area contributed by atoms with Crippen molar-refractivity contribution in [1.29, 1.82) is 0 Å². The molecule has 2 fully saturated rings. The van der Waals surface area contributed by atoms with Gasteiger partial charge in [-0.3, -0.25) is 9.59 Å². The Morgan fingerprint density at radius 1 is 1.19 bits per heavy atom. The van der Waals surface area contributed by atoms with Crippen LogP contribution in [0.25, 0.3) is 0 Å². The quantitative estimate of drug-likeness (QED) is 0.720. The first kappa shape index (κ1) is 25.2. The SMILES string of the molecule is Cc1ccn(C2CCNCC2)c(=O)c1C(=O)N1CCC(Cc2ccc(N)nc2)C1.Cl.Cl. The molecule has 0 aromatic carbocycles. The van der Waals surface area contributed by atoms with Crippen LogP contribution >= 0.6 is 24.8 Å². The van der Waals surface area contributed by atoms with Gasteiger partial charge in [-0.25, -0.2) is 4.98 Å². The van der Waals surface area contributed by atoms with Gasteiger partial charge in [-0.15, -0.1) is 24.8 Å². The Labute approximate surface area is 195 Å². The standard InChI is InChI=1S/C22H29N5O2.2ClH/c1-15-6-11-27(18-4-8-24-9-5-18)22(29)20(15)21(28)26-10-7-17(14-26)12-16-2-3-19(23)25-13-16;;/h2-3,6,11,13,17-18,24H,4-5,7-10,12,14H2,1H3,(H2,23,25);2*1H. The fourth-order valence-corrected chi connectivity index (χ4v) is 4.51. The fourth-order valence-electron chi connectivity index (χ4n) is 4.51. The number of amides is 1. The van der Waals surface area contributed by atoms with Crippen LogP contribution in [0.1, 0.15) is 46.8 Å². The van der Waals surface area contributed by atoms with Gasteiger partial charge in [0.25, 0.3) is 11.5 Å².